The van der Waals surface area contributed by atoms with Crippen molar-refractivity contribution in [3.05, 3.63) is 99.2 Å². The van der Waals surface area contributed by atoms with E-state index in [9.17, 15) is 0 Å². The molecule has 0 bridgehead atoms. The molecule has 0 aliphatic rings. The lowest BCUT2D eigenvalue weighted by atomic mass is 10.1. The molecule has 0 aliphatic carbocycles. The van der Waals surface area contributed by atoms with Crippen LogP contribution in [0.2, 0.25) is 20.1 Å². The molecule has 0 saturated heterocycles. The predicted molar refractivity (Wildman–Crippen MR) is 141 cm³/mol. The summed E-state index contributed by atoms with van der Waals surface area (Å²) in [6.45, 7) is 0. The number of rotatable bonds is 5. The third-order valence-corrected chi connectivity index (χ3v) is 8.03. The molecule has 0 spiro atoms. The van der Waals surface area contributed by atoms with Crippen molar-refractivity contribution in [3.8, 4) is 27.5 Å². The predicted octanol–water partition coefficient (Wildman–Crippen LogP) is 9.43. The summed E-state index contributed by atoms with van der Waals surface area (Å²) in [4.78, 5) is 5.94. The van der Waals surface area contributed by atoms with Gasteiger partial charge in [-0.05, 0) is 60.2 Å². The number of thiazole rings is 1. The Morgan fingerprint density at radius 2 is 1.42 bits per heavy atom. The minimum absolute atomic E-state index is 0.541. The first-order valence-corrected chi connectivity index (χ1v) is 12.8. The topological polar surface area (TPSA) is 30.7 Å². The zero-order valence-corrected chi connectivity index (χ0v) is 21.3. The molecular formula is C24H13Cl4N3S2. The van der Waals surface area contributed by atoms with Crippen molar-refractivity contribution in [1.82, 2.24) is 14.8 Å². The van der Waals surface area contributed by atoms with Crippen molar-refractivity contribution in [3.63, 3.8) is 0 Å². The molecule has 3 aromatic carbocycles. The van der Waals surface area contributed by atoms with E-state index in [0.29, 0.717) is 20.1 Å². The highest BCUT2D eigenvalue weighted by Crippen LogP contribution is 2.43. The summed E-state index contributed by atoms with van der Waals surface area (Å²) in [5.74, 6) is 0. The van der Waals surface area contributed by atoms with Crippen LogP contribution >= 0.6 is 69.5 Å². The van der Waals surface area contributed by atoms with Crippen molar-refractivity contribution in [2.75, 3.05) is 0 Å². The molecule has 0 amide bonds. The average molecular weight is 549 g/mol. The summed E-state index contributed by atoms with van der Waals surface area (Å²) < 4.78 is 2.76. The molecule has 5 aromatic rings. The third kappa shape index (κ3) is 5.09. The monoisotopic (exact) mass is 547 g/mol. The Balaban J connectivity index is 1.56. The van der Waals surface area contributed by atoms with Gasteiger partial charge in [0.25, 0.3) is 0 Å². The molecule has 9 heteroatoms. The maximum Gasteiger partial charge on any atom is 0.211 e. The fraction of sp³-hybridized carbons (Fsp3) is 0. The summed E-state index contributed by atoms with van der Waals surface area (Å²) in [7, 11) is 0. The first-order chi connectivity index (χ1) is 16.0. The largest absolute Gasteiger partial charge is 0.217 e. The fourth-order valence-corrected chi connectivity index (χ4v) is 6.06. The summed E-state index contributed by atoms with van der Waals surface area (Å²) in [6, 6.07) is 20.8. The van der Waals surface area contributed by atoms with Crippen molar-refractivity contribution < 1.29 is 0 Å². The molecule has 33 heavy (non-hydrogen) atoms. The number of hydrogen-bond acceptors (Lipinski definition) is 4. The van der Waals surface area contributed by atoms with Crippen LogP contribution in [0.25, 0.3) is 27.5 Å². The fourth-order valence-electron chi connectivity index (χ4n) is 3.14. The van der Waals surface area contributed by atoms with Crippen LogP contribution in [-0.2, 0) is 0 Å². The lowest BCUT2D eigenvalue weighted by molar-refractivity contribution is 0.870. The second-order valence-corrected chi connectivity index (χ2v) is 11.0. The zero-order chi connectivity index (χ0) is 22.9. The number of benzene rings is 3. The van der Waals surface area contributed by atoms with Gasteiger partial charge in [0.15, 0.2) is 0 Å². The maximum atomic E-state index is 6.53. The second-order valence-electron chi connectivity index (χ2n) is 6.99. The summed E-state index contributed by atoms with van der Waals surface area (Å²) in [6.07, 6.45) is 3.76. The van der Waals surface area contributed by atoms with Gasteiger partial charge in [-0.25, -0.2) is 9.67 Å². The quantitative estimate of drug-likeness (QED) is 0.219. The molecule has 0 radical (unpaired) electrons. The van der Waals surface area contributed by atoms with Crippen LogP contribution in [0.15, 0.2) is 88.2 Å². The van der Waals surface area contributed by atoms with Gasteiger partial charge < -0.3 is 0 Å². The molecule has 0 N–H and O–H groups in total. The van der Waals surface area contributed by atoms with Crippen LogP contribution in [0.1, 0.15) is 0 Å². The molecule has 5 rings (SSSR count). The van der Waals surface area contributed by atoms with E-state index < -0.39 is 0 Å². The van der Waals surface area contributed by atoms with Crippen LogP contribution in [0, 0.1) is 0 Å². The first-order valence-electron chi connectivity index (χ1n) is 9.67. The van der Waals surface area contributed by atoms with E-state index in [-0.39, 0.29) is 0 Å². The summed E-state index contributed by atoms with van der Waals surface area (Å²) in [5.41, 5.74) is 3.59. The van der Waals surface area contributed by atoms with Crippen molar-refractivity contribution in [2.45, 2.75) is 9.10 Å². The van der Waals surface area contributed by atoms with Crippen LogP contribution < -0.4 is 0 Å². The van der Waals surface area contributed by atoms with Crippen LogP contribution in [0.3, 0.4) is 0 Å². The van der Waals surface area contributed by atoms with Crippen LogP contribution in [0.5, 0.6) is 0 Å². The minimum atomic E-state index is 0.541. The van der Waals surface area contributed by atoms with Gasteiger partial charge in [0.1, 0.15) is 0 Å². The minimum Gasteiger partial charge on any atom is -0.217 e. The highest BCUT2D eigenvalue weighted by Gasteiger charge is 2.19. The van der Waals surface area contributed by atoms with Crippen molar-refractivity contribution in [1.29, 1.82) is 0 Å². The van der Waals surface area contributed by atoms with E-state index >= 15 is 0 Å². The lowest BCUT2D eigenvalue weighted by Crippen LogP contribution is -1.93. The number of aromatic nitrogens is 3. The van der Waals surface area contributed by atoms with E-state index in [4.69, 9.17) is 51.4 Å². The van der Waals surface area contributed by atoms with Crippen molar-refractivity contribution in [2.24, 2.45) is 0 Å². The van der Waals surface area contributed by atoms with Crippen LogP contribution in [-0.4, -0.2) is 14.8 Å². The zero-order valence-electron chi connectivity index (χ0n) is 16.7. The molecule has 0 saturated carbocycles. The Labute approximate surface area is 218 Å². The number of halogens is 4. The molecule has 0 aliphatic heterocycles. The molecule has 164 valence electrons. The van der Waals surface area contributed by atoms with E-state index in [1.165, 1.54) is 11.3 Å². The molecule has 0 unspecified atom stereocenters. The van der Waals surface area contributed by atoms with E-state index in [1.54, 1.807) is 22.5 Å². The number of hydrogen-bond donors (Lipinski definition) is 0. The Hall–Kier alpha value is -1.99. The molecule has 2 heterocycles. The average Bonchev–Trinajstić information content (AvgIpc) is 3.44. The van der Waals surface area contributed by atoms with Gasteiger partial charge in [-0.1, -0.05) is 81.6 Å². The summed E-state index contributed by atoms with van der Waals surface area (Å²) in [5, 5.41) is 7.77. The third-order valence-electron chi connectivity index (χ3n) is 4.75. The highest BCUT2D eigenvalue weighted by atomic mass is 35.5. The lowest BCUT2D eigenvalue weighted by Gasteiger charge is -2.05. The van der Waals surface area contributed by atoms with Gasteiger partial charge in [-0.15, -0.1) is 0 Å². The Kier molecular flexibility index (Phi) is 6.70. The van der Waals surface area contributed by atoms with Gasteiger partial charge in [-0.2, -0.15) is 5.10 Å². The van der Waals surface area contributed by atoms with Crippen molar-refractivity contribution >= 4 is 69.5 Å². The standard InChI is InChI=1S/C24H13Cl4N3S2/c25-16-3-1-14(2-4-16)15-12-29-31(13-15)24-30-22(20-10-7-18(27)11-21(20)28)23(33-24)32-19-8-5-17(26)6-9-19/h1-13H. The molecule has 2 aromatic heterocycles. The van der Waals surface area contributed by atoms with Crippen LogP contribution in [0.4, 0.5) is 0 Å². The SMILES string of the molecule is Clc1ccc(Sc2sc(-n3cc(-c4ccc(Cl)cc4)cn3)nc2-c2ccc(Cl)cc2Cl)cc1. The molecule has 3 nitrogen and oxygen atoms in total. The first kappa shape index (κ1) is 22.8. The smallest absolute Gasteiger partial charge is 0.211 e. The normalized spacial score (nSPS) is 11.2. The molecular weight excluding hydrogens is 536 g/mol. The summed E-state index contributed by atoms with van der Waals surface area (Å²) >= 11 is 27.9. The number of nitrogens with zero attached hydrogens (tertiary/aromatic N) is 3. The van der Waals surface area contributed by atoms with Gasteiger partial charge in [0.2, 0.25) is 5.13 Å². The Morgan fingerprint density at radius 1 is 0.758 bits per heavy atom. The van der Waals surface area contributed by atoms with Gasteiger partial charge in [0, 0.05) is 37.3 Å². The van der Waals surface area contributed by atoms with Gasteiger partial charge in [0.05, 0.1) is 21.1 Å². The second kappa shape index (κ2) is 9.71. The Morgan fingerprint density at radius 3 is 2.12 bits per heavy atom. The van der Waals surface area contributed by atoms with E-state index in [0.717, 1.165) is 36.6 Å². The highest BCUT2D eigenvalue weighted by molar-refractivity contribution is 8.01. The van der Waals surface area contributed by atoms with Gasteiger partial charge in [-0.3, -0.25) is 0 Å². The molecule has 0 fully saturated rings. The van der Waals surface area contributed by atoms with Gasteiger partial charge >= 0.3 is 0 Å². The van der Waals surface area contributed by atoms with E-state index in [1.807, 2.05) is 73.1 Å². The Bertz CT molecular complexity index is 1430. The molecule has 0 atom stereocenters. The maximum absolute atomic E-state index is 6.53. The van der Waals surface area contributed by atoms with E-state index in [2.05, 4.69) is 5.10 Å².